The first kappa shape index (κ1) is 15.2. The highest BCUT2D eigenvalue weighted by atomic mass is 16.6. The molecule has 1 amide bonds. The molecule has 0 bridgehead atoms. The van der Waals surface area contributed by atoms with Crippen molar-refractivity contribution in [2.45, 2.75) is 31.8 Å². The largest absolute Gasteiger partial charge is 0.496 e. The van der Waals surface area contributed by atoms with Crippen LogP contribution in [0.5, 0.6) is 5.75 Å². The van der Waals surface area contributed by atoms with Gasteiger partial charge >= 0.3 is 0 Å². The Hall–Kier alpha value is -2.15. The number of nitro benzene ring substituents is 1. The number of rotatable bonds is 4. The minimum absolute atomic E-state index is 0.0474. The second-order valence-corrected chi connectivity index (χ2v) is 5.11. The number of nitrogens with zero attached hydrogens (tertiary/aromatic N) is 1. The molecule has 0 aromatic heterocycles. The van der Waals surface area contributed by atoms with E-state index in [-0.39, 0.29) is 29.4 Å². The van der Waals surface area contributed by atoms with Crippen molar-refractivity contribution in [1.82, 2.24) is 10.6 Å². The molecule has 7 nitrogen and oxygen atoms in total. The molecule has 1 aliphatic heterocycles. The number of piperidine rings is 1. The first-order valence-corrected chi connectivity index (χ1v) is 6.89. The second-order valence-electron chi connectivity index (χ2n) is 5.11. The monoisotopic (exact) mass is 293 g/mol. The van der Waals surface area contributed by atoms with Crippen LogP contribution >= 0.6 is 0 Å². The fourth-order valence-electron chi connectivity index (χ4n) is 2.47. The van der Waals surface area contributed by atoms with E-state index in [2.05, 4.69) is 10.6 Å². The molecule has 1 aromatic rings. The Kier molecular flexibility index (Phi) is 4.74. The molecule has 1 fully saturated rings. The smallest absolute Gasteiger partial charge is 0.273 e. The molecular weight excluding hydrogens is 274 g/mol. The van der Waals surface area contributed by atoms with Gasteiger partial charge in [0.05, 0.1) is 23.7 Å². The van der Waals surface area contributed by atoms with Gasteiger partial charge in [-0.3, -0.25) is 14.9 Å². The van der Waals surface area contributed by atoms with Gasteiger partial charge in [0, 0.05) is 18.2 Å². The van der Waals surface area contributed by atoms with Crippen molar-refractivity contribution in [2.24, 2.45) is 0 Å². The molecule has 21 heavy (non-hydrogen) atoms. The van der Waals surface area contributed by atoms with E-state index in [4.69, 9.17) is 4.74 Å². The third kappa shape index (κ3) is 3.49. The van der Waals surface area contributed by atoms with Crippen LogP contribution in [0.15, 0.2) is 18.2 Å². The summed E-state index contributed by atoms with van der Waals surface area (Å²) in [6.45, 7) is 2.98. The van der Waals surface area contributed by atoms with Crippen molar-refractivity contribution in [3.63, 3.8) is 0 Å². The highest BCUT2D eigenvalue weighted by molar-refractivity contribution is 5.97. The number of nitrogens with one attached hydrogen (secondary N) is 2. The molecule has 0 radical (unpaired) electrons. The molecule has 0 spiro atoms. The first-order chi connectivity index (χ1) is 10.0. The fourth-order valence-corrected chi connectivity index (χ4v) is 2.47. The number of methoxy groups -OCH3 is 1. The molecule has 2 atom stereocenters. The van der Waals surface area contributed by atoms with E-state index in [1.807, 2.05) is 6.92 Å². The summed E-state index contributed by atoms with van der Waals surface area (Å²) in [5.41, 5.74) is 0.206. The zero-order valence-electron chi connectivity index (χ0n) is 12.1. The summed E-state index contributed by atoms with van der Waals surface area (Å²) in [4.78, 5) is 22.6. The van der Waals surface area contributed by atoms with Crippen LogP contribution in [0, 0.1) is 10.1 Å². The number of carbonyl (C=O) groups is 1. The third-order valence-electron chi connectivity index (χ3n) is 3.72. The lowest BCUT2D eigenvalue weighted by Gasteiger charge is -2.30. The van der Waals surface area contributed by atoms with Crippen LogP contribution in [0.3, 0.4) is 0 Å². The first-order valence-electron chi connectivity index (χ1n) is 6.89. The third-order valence-corrected chi connectivity index (χ3v) is 3.72. The molecular formula is C14H19N3O4. The van der Waals surface area contributed by atoms with Crippen molar-refractivity contribution in [3.05, 3.63) is 33.9 Å². The van der Waals surface area contributed by atoms with E-state index >= 15 is 0 Å². The molecule has 0 saturated carbocycles. The number of non-ortho nitro benzene ring substituents is 1. The Morgan fingerprint density at radius 2 is 2.29 bits per heavy atom. The standard InChI is InChI=1S/C14H19N3O4/c1-9-12(4-3-7-15-9)16-14(18)11-6-5-10(17(19)20)8-13(11)21-2/h5-6,8-9,12,15H,3-4,7H2,1-2H3,(H,16,18). The highest BCUT2D eigenvalue weighted by Gasteiger charge is 2.24. The van der Waals surface area contributed by atoms with Crippen LogP contribution < -0.4 is 15.4 Å². The Balaban J connectivity index is 2.16. The van der Waals surface area contributed by atoms with Gasteiger partial charge in [-0.2, -0.15) is 0 Å². The average Bonchev–Trinajstić information content (AvgIpc) is 2.48. The van der Waals surface area contributed by atoms with E-state index in [9.17, 15) is 14.9 Å². The maximum atomic E-state index is 12.3. The van der Waals surface area contributed by atoms with E-state index < -0.39 is 4.92 Å². The van der Waals surface area contributed by atoms with E-state index in [1.54, 1.807) is 0 Å². The summed E-state index contributed by atoms with van der Waals surface area (Å²) < 4.78 is 5.09. The van der Waals surface area contributed by atoms with E-state index in [0.717, 1.165) is 19.4 Å². The summed E-state index contributed by atoms with van der Waals surface area (Å²) in [6, 6.07) is 4.24. The maximum Gasteiger partial charge on any atom is 0.273 e. The van der Waals surface area contributed by atoms with Gasteiger partial charge in [0.25, 0.3) is 11.6 Å². The van der Waals surface area contributed by atoms with Crippen molar-refractivity contribution in [2.75, 3.05) is 13.7 Å². The van der Waals surface area contributed by atoms with Crippen LogP contribution in [0.2, 0.25) is 0 Å². The zero-order chi connectivity index (χ0) is 15.4. The van der Waals surface area contributed by atoms with Gasteiger partial charge in [-0.15, -0.1) is 0 Å². The van der Waals surface area contributed by atoms with Crippen molar-refractivity contribution >= 4 is 11.6 Å². The lowest BCUT2D eigenvalue weighted by molar-refractivity contribution is -0.384. The maximum absolute atomic E-state index is 12.3. The van der Waals surface area contributed by atoms with Crippen LogP contribution in [0.25, 0.3) is 0 Å². The summed E-state index contributed by atoms with van der Waals surface area (Å²) >= 11 is 0. The molecule has 7 heteroatoms. The fraction of sp³-hybridized carbons (Fsp3) is 0.500. The highest BCUT2D eigenvalue weighted by Crippen LogP contribution is 2.25. The number of amides is 1. The quantitative estimate of drug-likeness (QED) is 0.647. The van der Waals surface area contributed by atoms with Gasteiger partial charge in [-0.25, -0.2) is 0 Å². The normalized spacial score (nSPS) is 21.6. The van der Waals surface area contributed by atoms with Gasteiger partial charge in [0.1, 0.15) is 5.75 Å². The van der Waals surface area contributed by atoms with Crippen molar-refractivity contribution < 1.29 is 14.5 Å². The lowest BCUT2D eigenvalue weighted by Crippen LogP contribution is -2.51. The number of hydrogen-bond donors (Lipinski definition) is 2. The van der Waals surface area contributed by atoms with Gasteiger partial charge in [0.15, 0.2) is 0 Å². The SMILES string of the molecule is COc1cc([N+](=O)[O-])ccc1C(=O)NC1CCCNC1C. The number of carbonyl (C=O) groups excluding carboxylic acids is 1. The second kappa shape index (κ2) is 6.53. The van der Waals surface area contributed by atoms with Crippen LogP contribution in [-0.2, 0) is 0 Å². The Labute approximate surface area is 122 Å². The molecule has 2 rings (SSSR count). The van der Waals surface area contributed by atoms with Gasteiger partial charge in [-0.05, 0) is 32.4 Å². The summed E-state index contributed by atoms with van der Waals surface area (Å²) in [6.07, 6.45) is 1.92. The van der Waals surface area contributed by atoms with Gasteiger partial charge in [0.2, 0.25) is 0 Å². The van der Waals surface area contributed by atoms with Crippen LogP contribution in [-0.4, -0.2) is 36.6 Å². The molecule has 0 aliphatic carbocycles. The van der Waals surface area contributed by atoms with E-state index in [0.29, 0.717) is 5.56 Å². The predicted octanol–water partition coefficient (Wildman–Crippen LogP) is 1.47. The average molecular weight is 293 g/mol. The molecule has 1 saturated heterocycles. The van der Waals surface area contributed by atoms with Gasteiger partial charge in [-0.1, -0.05) is 0 Å². The minimum Gasteiger partial charge on any atom is -0.496 e. The summed E-state index contributed by atoms with van der Waals surface area (Å²) in [5.74, 6) is -0.0691. The van der Waals surface area contributed by atoms with Crippen molar-refractivity contribution in [1.29, 1.82) is 0 Å². The van der Waals surface area contributed by atoms with Gasteiger partial charge < -0.3 is 15.4 Å². The molecule has 1 aliphatic rings. The zero-order valence-corrected chi connectivity index (χ0v) is 12.1. The van der Waals surface area contributed by atoms with E-state index in [1.165, 1.54) is 25.3 Å². The number of ether oxygens (including phenoxy) is 1. The lowest BCUT2D eigenvalue weighted by atomic mass is 9.99. The molecule has 2 unspecified atom stereocenters. The summed E-state index contributed by atoms with van der Waals surface area (Å²) in [5, 5.41) is 17.0. The minimum atomic E-state index is -0.517. The molecule has 1 heterocycles. The topological polar surface area (TPSA) is 93.5 Å². The number of hydrogen-bond acceptors (Lipinski definition) is 5. The predicted molar refractivity (Wildman–Crippen MR) is 77.6 cm³/mol. The Bertz CT molecular complexity index is 547. The molecule has 114 valence electrons. The number of benzene rings is 1. The van der Waals surface area contributed by atoms with Crippen LogP contribution in [0.4, 0.5) is 5.69 Å². The number of nitro groups is 1. The Morgan fingerprint density at radius 3 is 2.90 bits per heavy atom. The van der Waals surface area contributed by atoms with Crippen molar-refractivity contribution in [3.8, 4) is 5.75 Å². The Morgan fingerprint density at radius 1 is 1.52 bits per heavy atom. The summed E-state index contributed by atoms with van der Waals surface area (Å²) in [7, 11) is 1.39. The van der Waals surface area contributed by atoms with Crippen LogP contribution in [0.1, 0.15) is 30.1 Å². The molecule has 2 N–H and O–H groups in total. The molecule has 1 aromatic carbocycles.